The largest absolute Gasteiger partial charge is 0.353 e. The van der Waals surface area contributed by atoms with Gasteiger partial charge in [0.25, 0.3) is 0 Å². The maximum absolute atomic E-state index is 11.7. The summed E-state index contributed by atoms with van der Waals surface area (Å²) in [4.78, 5) is 11.7. The highest BCUT2D eigenvalue weighted by molar-refractivity contribution is 5.83. The van der Waals surface area contributed by atoms with Crippen molar-refractivity contribution in [1.29, 1.82) is 0 Å². The van der Waals surface area contributed by atoms with Crippen molar-refractivity contribution in [3.05, 3.63) is 18.0 Å². The fourth-order valence-electron chi connectivity index (χ4n) is 2.02. The van der Waals surface area contributed by atoms with Gasteiger partial charge in [-0.25, -0.2) is 0 Å². The minimum atomic E-state index is 0.204. The summed E-state index contributed by atoms with van der Waals surface area (Å²) >= 11 is 0. The first-order valence-corrected chi connectivity index (χ1v) is 5.53. The number of nitrogens with zero attached hydrogens (tertiary/aromatic N) is 2. The fourth-order valence-corrected chi connectivity index (χ4v) is 2.02. The summed E-state index contributed by atoms with van der Waals surface area (Å²) in [7, 11) is 1.91. The van der Waals surface area contributed by atoms with Gasteiger partial charge in [-0.1, -0.05) is 0 Å². The molecule has 1 heterocycles. The molecule has 1 amide bonds. The van der Waals surface area contributed by atoms with Crippen LogP contribution in [-0.2, 0) is 11.8 Å². The van der Waals surface area contributed by atoms with E-state index in [0.717, 1.165) is 19.3 Å². The van der Waals surface area contributed by atoms with E-state index in [4.69, 9.17) is 0 Å². The molecule has 80 valence electrons. The zero-order valence-corrected chi connectivity index (χ0v) is 8.81. The van der Waals surface area contributed by atoms with E-state index in [2.05, 4.69) is 10.4 Å². The molecule has 0 unspecified atom stereocenters. The van der Waals surface area contributed by atoms with Gasteiger partial charge >= 0.3 is 0 Å². The number of hydrogen-bond acceptors (Lipinski definition) is 2. The van der Waals surface area contributed by atoms with Crippen LogP contribution in [0.3, 0.4) is 0 Å². The third-order valence-electron chi connectivity index (χ3n) is 3.20. The highest BCUT2D eigenvalue weighted by Crippen LogP contribution is 2.47. The average molecular weight is 205 g/mol. The van der Waals surface area contributed by atoms with Crippen molar-refractivity contribution in [3.63, 3.8) is 0 Å². The predicted octanol–water partition coefficient (Wildman–Crippen LogP) is 0.802. The third-order valence-corrected chi connectivity index (χ3v) is 3.20. The third kappa shape index (κ3) is 1.76. The van der Waals surface area contributed by atoms with Crippen LogP contribution in [0.2, 0.25) is 0 Å². The van der Waals surface area contributed by atoms with Crippen LogP contribution in [-0.4, -0.2) is 21.7 Å². The van der Waals surface area contributed by atoms with E-state index in [0.29, 0.717) is 12.0 Å². The first-order valence-electron chi connectivity index (χ1n) is 5.53. The Labute approximate surface area is 88.7 Å². The molecule has 1 aromatic heterocycles. The van der Waals surface area contributed by atoms with Gasteiger partial charge < -0.3 is 5.32 Å². The van der Waals surface area contributed by atoms with Gasteiger partial charge in [0, 0.05) is 25.2 Å². The second-order valence-electron chi connectivity index (χ2n) is 4.68. The summed E-state index contributed by atoms with van der Waals surface area (Å²) in [6.07, 6.45) is 7.19. The molecule has 4 nitrogen and oxygen atoms in total. The van der Waals surface area contributed by atoms with E-state index < -0.39 is 0 Å². The number of carbonyl (C=O) groups excluding carboxylic acids is 1. The van der Waals surface area contributed by atoms with E-state index in [1.165, 1.54) is 5.56 Å². The standard InChI is InChI=1S/C11H15N3O/c1-14-6-7(5-12-14)9-4-10(9)11(15)13-8-2-3-8/h5-6,8-10H,2-4H2,1H3,(H,13,15)/t9-,10-/m1/s1. The fraction of sp³-hybridized carbons (Fsp3) is 0.636. The molecule has 0 aliphatic heterocycles. The van der Waals surface area contributed by atoms with Crippen LogP contribution in [0, 0.1) is 5.92 Å². The van der Waals surface area contributed by atoms with Gasteiger partial charge in [0.05, 0.1) is 6.20 Å². The molecule has 1 N–H and O–H groups in total. The quantitative estimate of drug-likeness (QED) is 0.793. The molecule has 2 saturated carbocycles. The molecule has 2 fully saturated rings. The Morgan fingerprint density at radius 2 is 2.40 bits per heavy atom. The van der Waals surface area contributed by atoms with Crippen LogP contribution in [0.15, 0.2) is 12.4 Å². The summed E-state index contributed by atoms with van der Waals surface area (Å²) in [6, 6.07) is 0.479. The van der Waals surface area contributed by atoms with Crippen LogP contribution in [0.25, 0.3) is 0 Å². The number of rotatable bonds is 3. The van der Waals surface area contributed by atoms with E-state index in [1.54, 1.807) is 4.68 Å². The first kappa shape index (κ1) is 8.95. The van der Waals surface area contributed by atoms with Crippen LogP contribution in [0.5, 0.6) is 0 Å². The summed E-state index contributed by atoms with van der Waals surface area (Å²) in [5, 5.41) is 7.19. The molecule has 2 atom stereocenters. The highest BCUT2D eigenvalue weighted by Gasteiger charge is 2.45. The van der Waals surface area contributed by atoms with Gasteiger partial charge in [0.2, 0.25) is 5.91 Å². The monoisotopic (exact) mass is 205 g/mol. The average Bonchev–Trinajstić information content (AvgIpc) is 3.08. The summed E-state index contributed by atoms with van der Waals surface area (Å²) in [6.45, 7) is 0. The number of aryl methyl sites for hydroxylation is 1. The first-order chi connectivity index (χ1) is 7.24. The number of carbonyl (C=O) groups is 1. The van der Waals surface area contributed by atoms with Crippen molar-refractivity contribution < 1.29 is 4.79 Å². The van der Waals surface area contributed by atoms with Crippen LogP contribution in [0.4, 0.5) is 0 Å². The molecule has 2 aliphatic rings. The van der Waals surface area contributed by atoms with Crippen LogP contribution < -0.4 is 5.32 Å². The lowest BCUT2D eigenvalue weighted by Gasteiger charge is -2.00. The number of amides is 1. The van der Waals surface area contributed by atoms with E-state index in [1.807, 2.05) is 19.4 Å². The lowest BCUT2D eigenvalue weighted by molar-refractivity contribution is -0.122. The van der Waals surface area contributed by atoms with Crippen molar-refractivity contribution in [2.45, 2.75) is 31.2 Å². The second-order valence-corrected chi connectivity index (χ2v) is 4.68. The van der Waals surface area contributed by atoms with Gasteiger partial charge in [-0.2, -0.15) is 5.10 Å². The molecule has 0 aromatic carbocycles. The summed E-state index contributed by atoms with van der Waals surface area (Å²) < 4.78 is 1.80. The molecule has 0 spiro atoms. The van der Waals surface area contributed by atoms with Gasteiger partial charge in [0.1, 0.15) is 0 Å². The molecular formula is C11H15N3O. The van der Waals surface area contributed by atoms with Crippen molar-refractivity contribution in [1.82, 2.24) is 15.1 Å². The lowest BCUT2D eigenvalue weighted by Crippen LogP contribution is -2.27. The maximum atomic E-state index is 11.7. The minimum Gasteiger partial charge on any atom is -0.353 e. The Morgan fingerprint density at radius 1 is 1.60 bits per heavy atom. The Balaban J connectivity index is 1.60. The minimum absolute atomic E-state index is 0.204. The molecule has 15 heavy (non-hydrogen) atoms. The Kier molecular flexibility index (Phi) is 1.84. The molecule has 3 rings (SSSR count). The van der Waals surface area contributed by atoms with Crippen LogP contribution >= 0.6 is 0 Å². The highest BCUT2D eigenvalue weighted by atomic mass is 16.2. The SMILES string of the molecule is Cn1cc([C@H]2C[C@H]2C(=O)NC2CC2)cn1. The van der Waals surface area contributed by atoms with E-state index in [9.17, 15) is 4.79 Å². The van der Waals surface area contributed by atoms with Gasteiger partial charge in [-0.15, -0.1) is 0 Å². The number of hydrogen-bond donors (Lipinski definition) is 1. The van der Waals surface area contributed by atoms with Gasteiger partial charge in [-0.3, -0.25) is 9.48 Å². The van der Waals surface area contributed by atoms with Crippen molar-refractivity contribution >= 4 is 5.91 Å². The Bertz CT molecular complexity index is 394. The maximum Gasteiger partial charge on any atom is 0.223 e. The van der Waals surface area contributed by atoms with E-state index >= 15 is 0 Å². The summed E-state index contributed by atoms with van der Waals surface area (Å²) in [5.74, 6) is 0.860. The van der Waals surface area contributed by atoms with Crippen molar-refractivity contribution in [2.24, 2.45) is 13.0 Å². The zero-order valence-electron chi connectivity index (χ0n) is 8.81. The predicted molar refractivity (Wildman–Crippen MR) is 55.2 cm³/mol. The summed E-state index contributed by atoms with van der Waals surface area (Å²) in [5.41, 5.74) is 1.20. The molecule has 1 aromatic rings. The second kappa shape index (κ2) is 3.08. The number of aromatic nitrogens is 2. The smallest absolute Gasteiger partial charge is 0.223 e. The van der Waals surface area contributed by atoms with Crippen molar-refractivity contribution in [2.75, 3.05) is 0 Å². The molecule has 4 heteroatoms. The Hall–Kier alpha value is -1.32. The molecule has 0 radical (unpaired) electrons. The van der Waals surface area contributed by atoms with Gasteiger partial charge in [-0.05, 0) is 30.7 Å². The van der Waals surface area contributed by atoms with Crippen molar-refractivity contribution in [3.8, 4) is 0 Å². The van der Waals surface area contributed by atoms with Crippen LogP contribution in [0.1, 0.15) is 30.7 Å². The molecule has 2 aliphatic carbocycles. The topological polar surface area (TPSA) is 46.9 Å². The normalized spacial score (nSPS) is 28.9. The van der Waals surface area contributed by atoms with Gasteiger partial charge in [0.15, 0.2) is 0 Å². The number of nitrogens with one attached hydrogen (secondary N) is 1. The Morgan fingerprint density at radius 3 is 3.00 bits per heavy atom. The molecule has 0 saturated heterocycles. The lowest BCUT2D eigenvalue weighted by atomic mass is 10.2. The molecule has 0 bridgehead atoms. The molecular weight excluding hydrogens is 190 g/mol. The van der Waals surface area contributed by atoms with E-state index in [-0.39, 0.29) is 11.8 Å². The zero-order chi connectivity index (χ0) is 10.4.